The lowest BCUT2D eigenvalue weighted by Gasteiger charge is -2.29. The fraction of sp³-hybridized carbons (Fsp3) is 0.250. The molecule has 0 fully saturated rings. The lowest BCUT2D eigenvalue weighted by molar-refractivity contribution is -0.227. The highest BCUT2D eigenvalue weighted by Gasteiger charge is 2.54. The summed E-state index contributed by atoms with van der Waals surface area (Å²) < 4.78 is 73.5. The van der Waals surface area contributed by atoms with Gasteiger partial charge in [-0.2, -0.15) is 4.90 Å². The molecule has 0 atom stereocenters. The third-order valence-electron chi connectivity index (χ3n) is 1.63. The van der Waals surface area contributed by atoms with Crippen LogP contribution in [0.15, 0.2) is 29.2 Å². The van der Waals surface area contributed by atoms with Gasteiger partial charge in [0.05, 0.1) is 5.69 Å². The van der Waals surface area contributed by atoms with Crippen LogP contribution in [0, 0.1) is 0 Å². The molecule has 1 aromatic carbocycles. The van der Waals surface area contributed by atoms with E-state index in [0.29, 0.717) is 6.07 Å². The molecular weight excluding hydrogens is 256 g/mol. The molecule has 0 saturated carbocycles. The summed E-state index contributed by atoms with van der Waals surface area (Å²) in [4.78, 5) is -1.99. The zero-order valence-corrected chi connectivity index (χ0v) is 8.37. The summed E-state index contributed by atoms with van der Waals surface area (Å²) in [5.74, 6) is 0. The largest absolute Gasteiger partial charge is 0.491 e. The van der Waals surface area contributed by atoms with E-state index in [2.05, 4.69) is 12.6 Å². The topological polar surface area (TPSA) is 3.24 Å². The van der Waals surface area contributed by atoms with Crippen molar-refractivity contribution in [1.82, 2.24) is 0 Å². The standard InChI is InChI=1S/C8H5F6NS/c9-7(10,11)15(8(12,13)14)5-3-1-2-4-6(5)16/h1-4,16H. The minimum atomic E-state index is -5.54. The molecule has 0 heterocycles. The van der Waals surface area contributed by atoms with Gasteiger partial charge in [0.15, 0.2) is 0 Å². The fourth-order valence-corrected chi connectivity index (χ4v) is 1.33. The van der Waals surface area contributed by atoms with Crippen molar-refractivity contribution in [2.45, 2.75) is 17.5 Å². The molecule has 0 unspecified atom stereocenters. The molecule has 0 aliphatic rings. The Morgan fingerprint density at radius 3 is 1.69 bits per heavy atom. The first-order valence-electron chi connectivity index (χ1n) is 3.86. The van der Waals surface area contributed by atoms with E-state index in [9.17, 15) is 26.3 Å². The predicted octanol–water partition coefficient (Wildman–Crippen LogP) is 3.82. The van der Waals surface area contributed by atoms with Gasteiger partial charge in [0.2, 0.25) is 0 Å². The lowest BCUT2D eigenvalue weighted by atomic mass is 10.3. The molecule has 0 aromatic heterocycles. The van der Waals surface area contributed by atoms with Crippen molar-refractivity contribution in [3.8, 4) is 0 Å². The van der Waals surface area contributed by atoms with E-state index in [-0.39, 0.29) is 0 Å². The normalized spacial score (nSPS) is 12.7. The number of benzene rings is 1. The fourth-order valence-electron chi connectivity index (χ4n) is 1.07. The molecule has 16 heavy (non-hydrogen) atoms. The van der Waals surface area contributed by atoms with Gasteiger partial charge in [0.25, 0.3) is 0 Å². The van der Waals surface area contributed by atoms with E-state index in [4.69, 9.17) is 0 Å². The first-order chi connectivity index (χ1) is 7.14. The van der Waals surface area contributed by atoms with Gasteiger partial charge < -0.3 is 0 Å². The van der Waals surface area contributed by atoms with Crippen molar-refractivity contribution in [2.75, 3.05) is 4.90 Å². The molecule has 0 amide bonds. The number of alkyl halides is 6. The molecule has 0 saturated heterocycles. The smallest absolute Gasteiger partial charge is 0.192 e. The second-order valence-electron chi connectivity index (χ2n) is 2.76. The minimum absolute atomic E-state index is 0.405. The van der Waals surface area contributed by atoms with Gasteiger partial charge in [0.1, 0.15) is 0 Å². The number of halogens is 6. The van der Waals surface area contributed by atoms with Crippen LogP contribution in [0.3, 0.4) is 0 Å². The highest BCUT2D eigenvalue weighted by atomic mass is 32.1. The van der Waals surface area contributed by atoms with Crippen LogP contribution in [0.5, 0.6) is 0 Å². The van der Waals surface area contributed by atoms with Crippen molar-refractivity contribution < 1.29 is 26.3 Å². The van der Waals surface area contributed by atoms with Crippen molar-refractivity contribution in [1.29, 1.82) is 0 Å². The van der Waals surface area contributed by atoms with Crippen molar-refractivity contribution in [3.05, 3.63) is 24.3 Å². The highest BCUT2D eigenvalue weighted by Crippen LogP contribution is 2.40. The molecule has 0 aliphatic carbocycles. The van der Waals surface area contributed by atoms with E-state index in [1.807, 2.05) is 0 Å². The van der Waals surface area contributed by atoms with Crippen LogP contribution in [0.4, 0.5) is 32.0 Å². The maximum atomic E-state index is 12.3. The maximum absolute atomic E-state index is 12.3. The third-order valence-corrected chi connectivity index (χ3v) is 2.01. The molecule has 8 heteroatoms. The van der Waals surface area contributed by atoms with Crippen LogP contribution in [0.25, 0.3) is 0 Å². The van der Waals surface area contributed by atoms with Gasteiger partial charge in [-0.15, -0.1) is 39.0 Å². The van der Waals surface area contributed by atoms with Crippen molar-refractivity contribution >= 4 is 18.3 Å². The van der Waals surface area contributed by atoms with E-state index >= 15 is 0 Å². The second kappa shape index (κ2) is 4.08. The Balaban J connectivity index is 3.29. The summed E-state index contributed by atoms with van der Waals surface area (Å²) in [6.07, 6.45) is -11.1. The van der Waals surface area contributed by atoms with Gasteiger partial charge in [-0.1, -0.05) is 12.1 Å². The van der Waals surface area contributed by atoms with Crippen LogP contribution in [-0.2, 0) is 0 Å². The van der Waals surface area contributed by atoms with Crippen LogP contribution in [0.2, 0.25) is 0 Å². The monoisotopic (exact) mass is 261 g/mol. The molecule has 1 nitrogen and oxygen atoms in total. The molecule has 0 radical (unpaired) electrons. The Morgan fingerprint density at radius 1 is 0.875 bits per heavy atom. The zero-order valence-electron chi connectivity index (χ0n) is 7.47. The molecule has 0 spiro atoms. The zero-order chi connectivity index (χ0) is 12.6. The highest BCUT2D eigenvalue weighted by molar-refractivity contribution is 7.80. The first-order valence-corrected chi connectivity index (χ1v) is 4.30. The van der Waals surface area contributed by atoms with Crippen molar-refractivity contribution in [3.63, 3.8) is 0 Å². The Kier molecular flexibility index (Phi) is 3.32. The van der Waals surface area contributed by atoms with E-state index in [1.165, 1.54) is 6.07 Å². The van der Waals surface area contributed by atoms with Crippen LogP contribution in [-0.4, -0.2) is 12.6 Å². The summed E-state index contributed by atoms with van der Waals surface area (Å²) >= 11 is 3.56. The SMILES string of the molecule is FC(F)(F)N(c1ccccc1S)C(F)(F)F. The Labute approximate surface area is 92.1 Å². The van der Waals surface area contributed by atoms with Gasteiger partial charge in [0, 0.05) is 4.90 Å². The number of nitrogens with zero attached hydrogens (tertiary/aromatic N) is 1. The first kappa shape index (κ1) is 13.0. The average molecular weight is 261 g/mol. The van der Waals surface area contributed by atoms with Gasteiger partial charge >= 0.3 is 12.6 Å². The molecule has 90 valence electrons. The van der Waals surface area contributed by atoms with E-state index < -0.39 is 28.1 Å². The molecule has 1 rings (SSSR count). The van der Waals surface area contributed by atoms with Crippen LogP contribution >= 0.6 is 12.6 Å². The molecule has 0 N–H and O–H groups in total. The molecule has 0 aliphatic heterocycles. The summed E-state index contributed by atoms with van der Waals surface area (Å²) in [6.45, 7) is 0. The van der Waals surface area contributed by atoms with Crippen molar-refractivity contribution in [2.24, 2.45) is 0 Å². The summed E-state index contributed by atoms with van der Waals surface area (Å²) in [5, 5.41) is 0. The second-order valence-corrected chi connectivity index (χ2v) is 3.24. The average Bonchev–Trinajstić information content (AvgIpc) is 2.03. The predicted molar refractivity (Wildman–Crippen MR) is 48.3 cm³/mol. The maximum Gasteiger partial charge on any atom is 0.491 e. The molecule has 0 bridgehead atoms. The molecule has 1 aromatic rings. The van der Waals surface area contributed by atoms with Crippen LogP contribution < -0.4 is 4.90 Å². The lowest BCUT2D eigenvalue weighted by Crippen LogP contribution is -2.48. The summed E-state index contributed by atoms with van der Waals surface area (Å²) in [6, 6.07) is 4.10. The van der Waals surface area contributed by atoms with Gasteiger partial charge in [-0.3, -0.25) is 0 Å². The summed E-state index contributed by atoms with van der Waals surface area (Å²) in [5.41, 5.74) is -1.05. The summed E-state index contributed by atoms with van der Waals surface area (Å²) in [7, 11) is 0. The minimum Gasteiger partial charge on any atom is -0.192 e. The number of rotatable bonds is 1. The number of anilines is 1. The number of para-hydroxylation sites is 1. The molecular formula is C8H5F6NS. The Hall–Kier alpha value is -1.05. The Morgan fingerprint density at radius 2 is 1.31 bits per heavy atom. The van der Waals surface area contributed by atoms with E-state index in [0.717, 1.165) is 12.1 Å². The number of thiol groups is 1. The quantitative estimate of drug-likeness (QED) is 0.457. The third kappa shape index (κ3) is 2.75. The van der Waals surface area contributed by atoms with Crippen LogP contribution in [0.1, 0.15) is 0 Å². The van der Waals surface area contributed by atoms with Gasteiger partial charge in [-0.25, -0.2) is 0 Å². The van der Waals surface area contributed by atoms with Gasteiger partial charge in [-0.05, 0) is 12.1 Å². The van der Waals surface area contributed by atoms with E-state index in [1.54, 1.807) is 0 Å². The Bertz CT molecular complexity index is 358. The number of hydrogen-bond acceptors (Lipinski definition) is 2. The number of hydrogen-bond donors (Lipinski definition) is 1.